The number of hydrogen-bond acceptors (Lipinski definition) is 1. The van der Waals surface area contributed by atoms with Crippen molar-refractivity contribution in [1.82, 2.24) is 5.32 Å². The van der Waals surface area contributed by atoms with Crippen LogP contribution < -0.4 is 5.32 Å². The topological polar surface area (TPSA) is 12.0 Å². The first-order valence-corrected chi connectivity index (χ1v) is 5.78. The third-order valence-corrected chi connectivity index (χ3v) is 2.80. The van der Waals surface area contributed by atoms with E-state index >= 15 is 0 Å². The van der Waals surface area contributed by atoms with Gasteiger partial charge < -0.3 is 5.32 Å². The van der Waals surface area contributed by atoms with Crippen molar-refractivity contribution >= 4 is 0 Å². The summed E-state index contributed by atoms with van der Waals surface area (Å²) in [5.74, 6) is -0.184. The predicted octanol–water partition coefficient (Wildman–Crippen LogP) is 3.68. The lowest BCUT2D eigenvalue weighted by molar-refractivity contribution is 0.565. The maximum Gasteiger partial charge on any atom is 0.123 e. The largest absolute Gasteiger partial charge is 0.306 e. The Morgan fingerprint density at radius 3 is 2.53 bits per heavy atom. The fourth-order valence-electron chi connectivity index (χ4n) is 1.76. The van der Waals surface area contributed by atoms with Gasteiger partial charge in [0.2, 0.25) is 0 Å². The van der Waals surface area contributed by atoms with Crippen LogP contribution >= 0.6 is 0 Å². The molecule has 0 aliphatic heterocycles. The smallest absolute Gasteiger partial charge is 0.123 e. The highest BCUT2D eigenvalue weighted by molar-refractivity contribution is 5.20. The summed E-state index contributed by atoms with van der Waals surface area (Å²) in [5.41, 5.74) is 2.21. The van der Waals surface area contributed by atoms with Crippen LogP contribution in [-0.2, 0) is 6.54 Å². The molecule has 1 nitrogen and oxygen atoms in total. The van der Waals surface area contributed by atoms with Gasteiger partial charge in [-0.05, 0) is 30.2 Å². The van der Waals surface area contributed by atoms with Crippen molar-refractivity contribution in [2.45, 2.75) is 19.5 Å². The van der Waals surface area contributed by atoms with Gasteiger partial charge in [-0.15, -0.1) is 0 Å². The molecule has 2 aromatic rings. The SMILES string of the molecule is C[C@@H](NCc1ccccc1)c1cccc(F)c1. The monoisotopic (exact) mass is 229 g/mol. The van der Waals surface area contributed by atoms with E-state index in [4.69, 9.17) is 0 Å². The number of nitrogens with one attached hydrogen (secondary N) is 1. The maximum absolute atomic E-state index is 13.1. The third kappa shape index (κ3) is 3.40. The molecule has 0 aliphatic rings. The second-order valence-corrected chi connectivity index (χ2v) is 4.14. The summed E-state index contributed by atoms with van der Waals surface area (Å²) in [7, 11) is 0. The standard InChI is InChI=1S/C15H16FN/c1-12(14-8-5-9-15(16)10-14)17-11-13-6-3-2-4-7-13/h2-10,12,17H,11H2,1H3/t12-/m1/s1. The zero-order valence-corrected chi connectivity index (χ0v) is 9.86. The molecular weight excluding hydrogens is 213 g/mol. The molecule has 2 rings (SSSR count). The molecule has 0 spiro atoms. The highest BCUT2D eigenvalue weighted by Crippen LogP contribution is 2.14. The zero-order chi connectivity index (χ0) is 12.1. The molecule has 88 valence electrons. The van der Waals surface area contributed by atoms with Crippen molar-refractivity contribution in [3.63, 3.8) is 0 Å². The molecule has 0 bridgehead atoms. The normalized spacial score (nSPS) is 12.4. The molecule has 0 aromatic heterocycles. The van der Waals surface area contributed by atoms with E-state index in [1.807, 2.05) is 31.2 Å². The van der Waals surface area contributed by atoms with E-state index in [-0.39, 0.29) is 11.9 Å². The van der Waals surface area contributed by atoms with Crippen LogP contribution in [0.2, 0.25) is 0 Å². The van der Waals surface area contributed by atoms with Crippen molar-refractivity contribution in [1.29, 1.82) is 0 Å². The Morgan fingerprint density at radius 1 is 1.06 bits per heavy atom. The van der Waals surface area contributed by atoms with Crippen molar-refractivity contribution < 1.29 is 4.39 Å². The Balaban J connectivity index is 1.96. The van der Waals surface area contributed by atoms with Crippen LogP contribution in [0.1, 0.15) is 24.1 Å². The first-order chi connectivity index (χ1) is 8.25. The van der Waals surface area contributed by atoms with Gasteiger partial charge in [0.25, 0.3) is 0 Å². The Morgan fingerprint density at radius 2 is 1.82 bits per heavy atom. The summed E-state index contributed by atoms with van der Waals surface area (Å²) in [6.45, 7) is 2.83. The zero-order valence-electron chi connectivity index (χ0n) is 9.86. The van der Waals surface area contributed by atoms with Gasteiger partial charge in [-0.25, -0.2) is 4.39 Å². The van der Waals surface area contributed by atoms with E-state index in [1.165, 1.54) is 11.6 Å². The van der Waals surface area contributed by atoms with Crippen LogP contribution in [0, 0.1) is 5.82 Å². The van der Waals surface area contributed by atoms with Crippen LogP contribution in [0.4, 0.5) is 4.39 Å². The minimum atomic E-state index is -0.184. The van der Waals surface area contributed by atoms with Crippen LogP contribution in [-0.4, -0.2) is 0 Å². The second-order valence-electron chi connectivity index (χ2n) is 4.14. The van der Waals surface area contributed by atoms with Gasteiger partial charge >= 0.3 is 0 Å². The lowest BCUT2D eigenvalue weighted by Gasteiger charge is -2.14. The van der Waals surface area contributed by atoms with Gasteiger partial charge in [-0.3, -0.25) is 0 Å². The quantitative estimate of drug-likeness (QED) is 0.843. The molecule has 2 heteroatoms. The van der Waals surface area contributed by atoms with Gasteiger partial charge in [0.1, 0.15) is 5.82 Å². The number of rotatable bonds is 4. The summed E-state index contributed by atoms with van der Waals surface area (Å²) in [4.78, 5) is 0. The van der Waals surface area contributed by atoms with Crippen LogP contribution in [0.5, 0.6) is 0 Å². The molecule has 0 radical (unpaired) electrons. The predicted molar refractivity (Wildman–Crippen MR) is 68.1 cm³/mol. The molecule has 2 aromatic carbocycles. The molecule has 0 saturated heterocycles. The average molecular weight is 229 g/mol. The summed E-state index contributed by atoms with van der Waals surface area (Å²) >= 11 is 0. The van der Waals surface area contributed by atoms with E-state index in [0.29, 0.717) is 0 Å². The fraction of sp³-hybridized carbons (Fsp3) is 0.200. The minimum absolute atomic E-state index is 0.144. The maximum atomic E-state index is 13.1. The van der Waals surface area contributed by atoms with Crippen LogP contribution in [0.25, 0.3) is 0 Å². The minimum Gasteiger partial charge on any atom is -0.306 e. The summed E-state index contributed by atoms with van der Waals surface area (Å²) in [6, 6.07) is 17.0. The molecular formula is C15H16FN. The van der Waals surface area contributed by atoms with Crippen molar-refractivity contribution in [3.8, 4) is 0 Å². The van der Waals surface area contributed by atoms with E-state index in [1.54, 1.807) is 12.1 Å². The number of halogens is 1. The first-order valence-electron chi connectivity index (χ1n) is 5.78. The van der Waals surface area contributed by atoms with Gasteiger partial charge in [0.05, 0.1) is 0 Å². The highest BCUT2D eigenvalue weighted by Gasteiger charge is 2.05. The lowest BCUT2D eigenvalue weighted by Crippen LogP contribution is -2.18. The molecule has 0 fully saturated rings. The molecule has 17 heavy (non-hydrogen) atoms. The Bertz CT molecular complexity index is 467. The Kier molecular flexibility index (Phi) is 3.89. The van der Waals surface area contributed by atoms with E-state index in [2.05, 4.69) is 17.4 Å². The summed E-state index contributed by atoms with van der Waals surface area (Å²) in [5, 5.41) is 3.38. The molecule has 0 unspecified atom stereocenters. The van der Waals surface area contributed by atoms with Gasteiger partial charge in [-0.1, -0.05) is 42.5 Å². The molecule has 0 heterocycles. The van der Waals surface area contributed by atoms with Gasteiger partial charge in [-0.2, -0.15) is 0 Å². The van der Waals surface area contributed by atoms with Crippen molar-refractivity contribution in [3.05, 3.63) is 71.5 Å². The molecule has 0 saturated carbocycles. The Hall–Kier alpha value is -1.67. The van der Waals surface area contributed by atoms with Crippen LogP contribution in [0.3, 0.4) is 0 Å². The van der Waals surface area contributed by atoms with Crippen molar-refractivity contribution in [2.75, 3.05) is 0 Å². The lowest BCUT2D eigenvalue weighted by atomic mass is 10.1. The number of benzene rings is 2. The highest BCUT2D eigenvalue weighted by atomic mass is 19.1. The molecule has 1 N–H and O–H groups in total. The summed E-state index contributed by atoms with van der Waals surface area (Å²) in [6.07, 6.45) is 0. The molecule has 0 amide bonds. The van der Waals surface area contributed by atoms with Gasteiger partial charge in [0.15, 0.2) is 0 Å². The third-order valence-electron chi connectivity index (χ3n) is 2.80. The molecule has 0 aliphatic carbocycles. The van der Waals surface area contributed by atoms with E-state index in [0.717, 1.165) is 12.1 Å². The first kappa shape index (κ1) is 11.8. The molecule has 1 atom stereocenters. The Labute approximate surface area is 101 Å². The van der Waals surface area contributed by atoms with Gasteiger partial charge in [0, 0.05) is 12.6 Å². The van der Waals surface area contributed by atoms with E-state index < -0.39 is 0 Å². The fourth-order valence-corrected chi connectivity index (χ4v) is 1.76. The number of hydrogen-bond donors (Lipinski definition) is 1. The average Bonchev–Trinajstić information content (AvgIpc) is 2.37. The second kappa shape index (κ2) is 5.60. The summed E-state index contributed by atoms with van der Waals surface area (Å²) < 4.78 is 13.1. The van der Waals surface area contributed by atoms with E-state index in [9.17, 15) is 4.39 Å². The van der Waals surface area contributed by atoms with Crippen LogP contribution in [0.15, 0.2) is 54.6 Å². The van der Waals surface area contributed by atoms with Crippen molar-refractivity contribution in [2.24, 2.45) is 0 Å².